The number of aliphatic imine (C=N–C) groups is 1. The van der Waals surface area contributed by atoms with Crippen LogP contribution in [0, 0.1) is 0 Å². The van der Waals surface area contributed by atoms with Gasteiger partial charge in [-0.05, 0) is 30.7 Å². The van der Waals surface area contributed by atoms with Gasteiger partial charge in [0.15, 0.2) is 15.0 Å². The third kappa shape index (κ3) is 4.00. The zero-order chi connectivity index (χ0) is 18.0. The number of hydrogen-bond acceptors (Lipinski definition) is 5. The van der Waals surface area contributed by atoms with Crippen molar-refractivity contribution in [2.24, 2.45) is 4.99 Å². The van der Waals surface area contributed by atoms with Crippen molar-refractivity contribution in [1.29, 1.82) is 0 Å². The Morgan fingerprint density at radius 3 is 2.68 bits per heavy atom. The van der Waals surface area contributed by atoms with Crippen LogP contribution in [0.25, 0.3) is 0 Å². The zero-order valence-electron chi connectivity index (χ0n) is 14.3. The van der Waals surface area contributed by atoms with Crippen LogP contribution in [0.3, 0.4) is 0 Å². The van der Waals surface area contributed by atoms with E-state index in [0.717, 1.165) is 24.3 Å². The van der Waals surface area contributed by atoms with Crippen molar-refractivity contribution in [3.05, 3.63) is 24.3 Å². The van der Waals surface area contributed by atoms with Crippen LogP contribution in [0.5, 0.6) is 5.75 Å². The number of ether oxygens (including phenoxy) is 1. The van der Waals surface area contributed by atoms with Crippen molar-refractivity contribution >= 4 is 38.4 Å². The van der Waals surface area contributed by atoms with E-state index in [1.165, 1.54) is 11.8 Å². The lowest BCUT2D eigenvalue weighted by Gasteiger charge is -2.24. The van der Waals surface area contributed by atoms with Gasteiger partial charge in [0.05, 0.1) is 24.7 Å². The molecule has 2 atom stereocenters. The molecular formula is C17H22N2O4S2. The summed E-state index contributed by atoms with van der Waals surface area (Å²) in [4.78, 5) is 18.3. The number of anilines is 1. The second-order valence-corrected chi connectivity index (χ2v) is 9.62. The second-order valence-electron chi connectivity index (χ2n) is 6.26. The van der Waals surface area contributed by atoms with E-state index in [1.54, 1.807) is 7.11 Å². The monoisotopic (exact) mass is 382 g/mol. The molecule has 2 fully saturated rings. The van der Waals surface area contributed by atoms with Gasteiger partial charge in [0.2, 0.25) is 5.91 Å². The molecule has 0 aliphatic carbocycles. The molecule has 25 heavy (non-hydrogen) atoms. The maximum Gasteiger partial charge on any atom is 0.248 e. The maximum absolute atomic E-state index is 12.1. The van der Waals surface area contributed by atoms with Crippen molar-refractivity contribution in [3.8, 4) is 5.75 Å². The fourth-order valence-corrected chi connectivity index (χ4v) is 7.03. The molecule has 136 valence electrons. The highest BCUT2D eigenvalue weighted by Gasteiger charge is 2.49. The Hall–Kier alpha value is -1.54. The lowest BCUT2D eigenvalue weighted by molar-refractivity contribution is -0.117. The highest BCUT2D eigenvalue weighted by atomic mass is 32.2. The van der Waals surface area contributed by atoms with E-state index in [-0.39, 0.29) is 28.7 Å². The quantitative estimate of drug-likeness (QED) is 0.779. The SMILES string of the molecule is CCCCC(=O)N=C1S[C@H]2CS(=O)(=O)C[C@H]2N1c1ccc(OC)cc1. The molecule has 0 bridgehead atoms. The number of carbonyl (C=O) groups excluding carboxylic acids is 1. The summed E-state index contributed by atoms with van der Waals surface area (Å²) in [6.07, 6.45) is 2.17. The average Bonchev–Trinajstić information content (AvgIpc) is 3.04. The lowest BCUT2D eigenvalue weighted by atomic mass is 10.2. The molecule has 2 aliphatic heterocycles. The summed E-state index contributed by atoms with van der Waals surface area (Å²) >= 11 is 1.40. The van der Waals surface area contributed by atoms with Gasteiger partial charge in [-0.15, -0.1) is 0 Å². The van der Waals surface area contributed by atoms with Gasteiger partial charge < -0.3 is 9.64 Å². The number of benzene rings is 1. The van der Waals surface area contributed by atoms with E-state index in [1.807, 2.05) is 36.1 Å². The Kier molecular flexibility index (Phi) is 5.38. The summed E-state index contributed by atoms with van der Waals surface area (Å²) in [5.74, 6) is 0.810. The topological polar surface area (TPSA) is 76.0 Å². The number of amides is 1. The van der Waals surface area contributed by atoms with E-state index in [0.29, 0.717) is 11.6 Å². The second kappa shape index (κ2) is 7.37. The van der Waals surface area contributed by atoms with Gasteiger partial charge in [-0.2, -0.15) is 4.99 Å². The Bertz CT molecular complexity index is 774. The van der Waals surface area contributed by atoms with E-state index < -0.39 is 9.84 Å². The minimum absolute atomic E-state index is 0.0789. The predicted molar refractivity (Wildman–Crippen MR) is 101 cm³/mol. The number of amidine groups is 1. The van der Waals surface area contributed by atoms with Gasteiger partial charge in [-0.25, -0.2) is 8.42 Å². The molecule has 0 N–H and O–H groups in total. The molecule has 2 aliphatic rings. The number of nitrogens with zero attached hydrogens (tertiary/aromatic N) is 2. The highest BCUT2D eigenvalue weighted by Crippen LogP contribution is 2.41. The van der Waals surface area contributed by atoms with Crippen LogP contribution in [0.15, 0.2) is 29.3 Å². The molecule has 1 aromatic rings. The fraction of sp³-hybridized carbons (Fsp3) is 0.529. The molecule has 0 unspecified atom stereocenters. The lowest BCUT2D eigenvalue weighted by Crippen LogP contribution is -2.37. The molecular weight excluding hydrogens is 360 g/mol. The van der Waals surface area contributed by atoms with E-state index in [4.69, 9.17) is 4.74 Å². The third-order valence-corrected chi connectivity index (χ3v) is 7.59. The molecule has 6 nitrogen and oxygen atoms in total. The van der Waals surface area contributed by atoms with Crippen LogP contribution >= 0.6 is 11.8 Å². The molecule has 0 radical (unpaired) electrons. The smallest absolute Gasteiger partial charge is 0.248 e. The number of carbonyl (C=O) groups is 1. The minimum atomic E-state index is -3.05. The number of sulfone groups is 1. The number of unbranched alkanes of at least 4 members (excludes halogenated alkanes) is 1. The van der Waals surface area contributed by atoms with E-state index in [2.05, 4.69) is 4.99 Å². The minimum Gasteiger partial charge on any atom is -0.497 e. The summed E-state index contributed by atoms with van der Waals surface area (Å²) < 4.78 is 29.2. The standard InChI is InChI=1S/C17H22N2O4S2/c1-3-4-5-16(20)18-17-19(12-6-8-13(23-2)9-7-12)14-10-25(21,22)11-15(14)24-17/h6-9,14-15H,3-5,10-11H2,1-2H3/t14-,15+/m1/s1. The molecule has 0 saturated carbocycles. The van der Waals surface area contributed by atoms with Gasteiger partial charge in [0.25, 0.3) is 0 Å². The van der Waals surface area contributed by atoms with E-state index >= 15 is 0 Å². The Morgan fingerprint density at radius 2 is 2.04 bits per heavy atom. The number of thioether (sulfide) groups is 1. The first-order chi connectivity index (χ1) is 11.9. The van der Waals surface area contributed by atoms with Crippen molar-refractivity contribution in [2.75, 3.05) is 23.5 Å². The Labute approximate surface area is 152 Å². The van der Waals surface area contributed by atoms with Gasteiger partial charge >= 0.3 is 0 Å². The van der Waals surface area contributed by atoms with Crippen LogP contribution in [0.2, 0.25) is 0 Å². The number of hydrogen-bond donors (Lipinski definition) is 0. The average molecular weight is 383 g/mol. The molecule has 2 saturated heterocycles. The molecule has 1 aromatic carbocycles. The molecule has 0 spiro atoms. The molecule has 1 amide bonds. The van der Waals surface area contributed by atoms with Crippen LogP contribution in [0.1, 0.15) is 26.2 Å². The van der Waals surface area contributed by atoms with Gasteiger partial charge in [0, 0.05) is 17.4 Å². The molecule has 3 rings (SSSR count). The number of methoxy groups -OCH3 is 1. The normalized spacial score (nSPS) is 26.0. The largest absolute Gasteiger partial charge is 0.497 e. The van der Waals surface area contributed by atoms with Gasteiger partial charge in [0.1, 0.15) is 5.75 Å². The molecule has 2 heterocycles. The molecule has 0 aromatic heterocycles. The van der Waals surface area contributed by atoms with Gasteiger partial charge in [-0.3, -0.25) is 4.79 Å². The molecule has 8 heteroatoms. The van der Waals surface area contributed by atoms with Crippen LogP contribution in [-0.2, 0) is 14.6 Å². The van der Waals surface area contributed by atoms with Crippen LogP contribution in [-0.4, -0.2) is 49.4 Å². The third-order valence-electron chi connectivity index (χ3n) is 4.38. The highest BCUT2D eigenvalue weighted by molar-refractivity contribution is 8.16. The Balaban J connectivity index is 1.91. The first-order valence-corrected chi connectivity index (χ1v) is 11.1. The van der Waals surface area contributed by atoms with Crippen molar-refractivity contribution in [2.45, 2.75) is 37.5 Å². The predicted octanol–water partition coefficient (Wildman–Crippen LogP) is 2.49. The summed E-state index contributed by atoms with van der Waals surface area (Å²) in [5.41, 5.74) is 0.833. The van der Waals surface area contributed by atoms with Crippen LogP contribution in [0.4, 0.5) is 5.69 Å². The Morgan fingerprint density at radius 1 is 1.32 bits per heavy atom. The summed E-state index contributed by atoms with van der Waals surface area (Å²) in [5, 5.41) is 0.529. The first-order valence-electron chi connectivity index (χ1n) is 8.35. The van der Waals surface area contributed by atoms with Crippen molar-refractivity contribution < 1.29 is 17.9 Å². The van der Waals surface area contributed by atoms with Gasteiger partial charge in [-0.1, -0.05) is 25.1 Å². The summed E-state index contributed by atoms with van der Waals surface area (Å²) in [7, 11) is -1.46. The van der Waals surface area contributed by atoms with E-state index in [9.17, 15) is 13.2 Å². The van der Waals surface area contributed by atoms with Crippen molar-refractivity contribution in [1.82, 2.24) is 0 Å². The first kappa shape index (κ1) is 18.3. The van der Waals surface area contributed by atoms with Crippen LogP contribution < -0.4 is 9.64 Å². The number of rotatable bonds is 5. The fourth-order valence-electron chi connectivity index (χ4n) is 3.10. The number of fused-ring (bicyclic) bond motifs is 1. The maximum atomic E-state index is 12.1. The van der Waals surface area contributed by atoms with Crippen molar-refractivity contribution in [3.63, 3.8) is 0 Å². The summed E-state index contributed by atoms with van der Waals surface area (Å²) in [6, 6.07) is 7.22. The zero-order valence-corrected chi connectivity index (χ0v) is 16.0. The summed E-state index contributed by atoms with van der Waals surface area (Å²) in [6.45, 7) is 2.03.